The van der Waals surface area contributed by atoms with Gasteiger partial charge in [-0.15, -0.1) is 0 Å². The summed E-state index contributed by atoms with van der Waals surface area (Å²) < 4.78 is 0. The normalized spacial score (nSPS) is 15.4. The van der Waals surface area contributed by atoms with Crippen LogP contribution in [0.25, 0.3) is 0 Å². The van der Waals surface area contributed by atoms with E-state index >= 15 is 0 Å². The van der Waals surface area contributed by atoms with E-state index in [-0.39, 0.29) is 6.10 Å². The van der Waals surface area contributed by atoms with Crippen LogP contribution >= 0.6 is 0 Å². The highest BCUT2D eigenvalue weighted by atomic mass is 16.3. The van der Waals surface area contributed by atoms with E-state index in [1.807, 2.05) is 27.0 Å². The molecule has 2 heteroatoms. The molecule has 0 aromatic carbocycles. The Labute approximate surface area is 62.9 Å². The molecule has 0 aliphatic carbocycles. The molecule has 0 heterocycles. The average molecular weight is 143 g/mol. The molecule has 2 N–H and O–H groups in total. The number of aliphatic hydroxyl groups is 1. The van der Waals surface area contributed by atoms with Crippen molar-refractivity contribution in [1.29, 1.82) is 0 Å². The molecule has 60 valence electrons. The molecular weight excluding hydrogens is 126 g/mol. The van der Waals surface area contributed by atoms with Crippen LogP contribution in [-0.2, 0) is 0 Å². The highest BCUT2D eigenvalue weighted by Gasteiger charge is 2.02. The van der Waals surface area contributed by atoms with Crippen LogP contribution in [0.3, 0.4) is 0 Å². The van der Waals surface area contributed by atoms with Gasteiger partial charge in [0.25, 0.3) is 0 Å². The van der Waals surface area contributed by atoms with Gasteiger partial charge in [-0.25, -0.2) is 0 Å². The second kappa shape index (κ2) is 5.45. The highest BCUT2D eigenvalue weighted by Crippen LogP contribution is 2.03. The summed E-state index contributed by atoms with van der Waals surface area (Å²) in [5, 5.41) is 12.3. The molecule has 0 aliphatic rings. The number of hydrogen-bond donors (Lipinski definition) is 2. The Hall–Kier alpha value is -0.340. The van der Waals surface area contributed by atoms with Crippen LogP contribution in [0.5, 0.6) is 0 Å². The van der Waals surface area contributed by atoms with Crippen molar-refractivity contribution in [2.45, 2.75) is 26.4 Å². The van der Waals surface area contributed by atoms with E-state index in [2.05, 4.69) is 5.32 Å². The minimum atomic E-state index is -0.266. The summed E-state index contributed by atoms with van der Waals surface area (Å²) in [6.07, 6.45) is 2.48. The fourth-order valence-electron chi connectivity index (χ4n) is 0.701. The summed E-state index contributed by atoms with van der Waals surface area (Å²) in [4.78, 5) is 0. The van der Waals surface area contributed by atoms with E-state index in [9.17, 15) is 5.11 Å². The van der Waals surface area contributed by atoms with Crippen molar-refractivity contribution in [2.24, 2.45) is 0 Å². The molecule has 0 rings (SSSR count). The summed E-state index contributed by atoms with van der Waals surface area (Å²) in [6, 6.07) is 0. The molecule has 2 nitrogen and oxygen atoms in total. The standard InChI is InChI=1S/C8H17NO/c1-4-7(2)8(10)5-6-9-3/h4,8-10H,5-6H2,1-3H3. The molecule has 0 bridgehead atoms. The largest absolute Gasteiger partial charge is 0.389 e. The van der Waals surface area contributed by atoms with Gasteiger partial charge in [0, 0.05) is 0 Å². The van der Waals surface area contributed by atoms with Gasteiger partial charge in [0.2, 0.25) is 0 Å². The smallest absolute Gasteiger partial charge is 0.0759 e. The van der Waals surface area contributed by atoms with E-state index < -0.39 is 0 Å². The molecule has 0 amide bonds. The molecule has 1 unspecified atom stereocenters. The van der Waals surface area contributed by atoms with Gasteiger partial charge < -0.3 is 10.4 Å². The van der Waals surface area contributed by atoms with Gasteiger partial charge in [-0.05, 0) is 39.4 Å². The van der Waals surface area contributed by atoms with E-state index in [0.29, 0.717) is 0 Å². The second-order valence-electron chi connectivity index (χ2n) is 2.44. The number of aliphatic hydroxyl groups excluding tert-OH is 1. The lowest BCUT2D eigenvalue weighted by Crippen LogP contribution is -2.17. The number of hydrogen-bond acceptors (Lipinski definition) is 2. The summed E-state index contributed by atoms with van der Waals surface area (Å²) in [5.74, 6) is 0. The van der Waals surface area contributed by atoms with Crippen LogP contribution in [0.1, 0.15) is 20.3 Å². The molecule has 0 aromatic rings. The molecule has 0 saturated heterocycles. The van der Waals surface area contributed by atoms with Crippen LogP contribution in [-0.4, -0.2) is 24.8 Å². The van der Waals surface area contributed by atoms with Crippen molar-refractivity contribution in [3.63, 3.8) is 0 Å². The first-order valence-corrected chi connectivity index (χ1v) is 3.67. The molecular formula is C8H17NO. The van der Waals surface area contributed by atoms with Crippen molar-refractivity contribution in [1.82, 2.24) is 5.32 Å². The quantitative estimate of drug-likeness (QED) is 0.574. The third-order valence-electron chi connectivity index (χ3n) is 1.65. The molecule has 0 spiro atoms. The first-order chi connectivity index (χ1) is 4.72. The predicted octanol–water partition coefficient (Wildman–Crippen LogP) is 0.923. The van der Waals surface area contributed by atoms with Crippen LogP contribution < -0.4 is 5.32 Å². The summed E-state index contributed by atoms with van der Waals surface area (Å²) >= 11 is 0. The molecule has 0 saturated carbocycles. The second-order valence-corrected chi connectivity index (χ2v) is 2.44. The average Bonchev–Trinajstić information content (AvgIpc) is 1.98. The number of nitrogens with one attached hydrogen (secondary N) is 1. The van der Waals surface area contributed by atoms with Gasteiger partial charge in [0.15, 0.2) is 0 Å². The van der Waals surface area contributed by atoms with Gasteiger partial charge in [-0.3, -0.25) is 0 Å². The fraction of sp³-hybridized carbons (Fsp3) is 0.750. The maximum atomic E-state index is 9.34. The lowest BCUT2D eigenvalue weighted by molar-refractivity contribution is 0.200. The topological polar surface area (TPSA) is 32.3 Å². The SMILES string of the molecule is CC=C(C)C(O)CCNC. The van der Waals surface area contributed by atoms with Gasteiger partial charge in [-0.1, -0.05) is 6.08 Å². The fourth-order valence-corrected chi connectivity index (χ4v) is 0.701. The Morgan fingerprint density at radius 3 is 2.70 bits per heavy atom. The third-order valence-corrected chi connectivity index (χ3v) is 1.65. The predicted molar refractivity (Wildman–Crippen MR) is 44.0 cm³/mol. The third kappa shape index (κ3) is 3.64. The minimum absolute atomic E-state index is 0.266. The zero-order valence-electron chi connectivity index (χ0n) is 7.02. The zero-order valence-corrected chi connectivity index (χ0v) is 7.02. The van der Waals surface area contributed by atoms with Crippen LogP contribution in [0.4, 0.5) is 0 Å². The van der Waals surface area contributed by atoms with E-state index in [1.54, 1.807) is 0 Å². The van der Waals surface area contributed by atoms with Crippen molar-refractivity contribution >= 4 is 0 Å². The van der Waals surface area contributed by atoms with Gasteiger partial charge in [-0.2, -0.15) is 0 Å². The first-order valence-electron chi connectivity index (χ1n) is 3.67. The number of allylic oxidation sites excluding steroid dienone is 1. The van der Waals surface area contributed by atoms with Crippen LogP contribution in [0.2, 0.25) is 0 Å². The van der Waals surface area contributed by atoms with Gasteiger partial charge in [0.1, 0.15) is 0 Å². The van der Waals surface area contributed by atoms with Crippen molar-refractivity contribution < 1.29 is 5.11 Å². The highest BCUT2D eigenvalue weighted by molar-refractivity contribution is 5.02. The Morgan fingerprint density at radius 1 is 1.70 bits per heavy atom. The maximum Gasteiger partial charge on any atom is 0.0759 e. The van der Waals surface area contributed by atoms with E-state index in [0.717, 1.165) is 18.5 Å². The Morgan fingerprint density at radius 2 is 2.30 bits per heavy atom. The van der Waals surface area contributed by atoms with Gasteiger partial charge >= 0.3 is 0 Å². The molecule has 0 fully saturated rings. The first kappa shape index (κ1) is 9.66. The molecule has 0 aliphatic heterocycles. The monoisotopic (exact) mass is 143 g/mol. The molecule has 1 atom stereocenters. The molecule has 10 heavy (non-hydrogen) atoms. The van der Waals surface area contributed by atoms with Crippen molar-refractivity contribution in [3.8, 4) is 0 Å². The minimum Gasteiger partial charge on any atom is -0.389 e. The van der Waals surface area contributed by atoms with Crippen molar-refractivity contribution in [3.05, 3.63) is 11.6 Å². The van der Waals surface area contributed by atoms with E-state index in [1.165, 1.54) is 0 Å². The molecule has 0 radical (unpaired) electrons. The van der Waals surface area contributed by atoms with Crippen molar-refractivity contribution in [2.75, 3.05) is 13.6 Å². The number of rotatable bonds is 4. The summed E-state index contributed by atoms with van der Waals surface area (Å²) in [5.41, 5.74) is 1.05. The lowest BCUT2D eigenvalue weighted by Gasteiger charge is -2.09. The summed E-state index contributed by atoms with van der Waals surface area (Å²) in [7, 11) is 1.89. The van der Waals surface area contributed by atoms with E-state index in [4.69, 9.17) is 0 Å². The maximum absolute atomic E-state index is 9.34. The lowest BCUT2D eigenvalue weighted by atomic mass is 10.1. The zero-order chi connectivity index (χ0) is 7.98. The van der Waals surface area contributed by atoms with Crippen LogP contribution in [0.15, 0.2) is 11.6 Å². The van der Waals surface area contributed by atoms with Crippen LogP contribution in [0, 0.1) is 0 Å². The Bertz CT molecular complexity index is 110. The Kier molecular flexibility index (Phi) is 5.26. The Balaban J connectivity index is 3.51. The molecule has 0 aromatic heterocycles. The van der Waals surface area contributed by atoms with Gasteiger partial charge in [0.05, 0.1) is 6.10 Å². The summed E-state index contributed by atoms with van der Waals surface area (Å²) in [6.45, 7) is 4.75.